The fourth-order valence-corrected chi connectivity index (χ4v) is 1.90. The topological polar surface area (TPSA) is 35.5 Å². The van der Waals surface area contributed by atoms with Crippen LogP contribution in [0.3, 0.4) is 0 Å². The second kappa shape index (κ2) is 7.34. The normalized spacial score (nSPS) is 11.7. The summed E-state index contributed by atoms with van der Waals surface area (Å²) in [7, 11) is 0. The van der Waals surface area contributed by atoms with Crippen LogP contribution in [0.5, 0.6) is 5.75 Å². The van der Waals surface area contributed by atoms with Crippen molar-refractivity contribution in [1.82, 2.24) is 0 Å². The van der Waals surface area contributed by atoms with Crippen molar-refractivity contribution in [1.29, 1.82) is 0 Å². The molecular formula is C17H18O3. The van der Waals surface area contributed by atoms with Gasteiger partial charge in [-0.25, -0.2) is 4.79 Å². The van der Waals surface area contributed by atoms with E-state index in [0.717, 1.165) is 5.56 Å². The van der Waals surface area contributed by atoms with Crippen molar-refractivity contribution < 1.29 is 14.3 Å². The molecule has 3 heteroatoms. The molecule has 20 heavy (non-hydrogen) atoms. The Balaban J connectivity index is 2.10. The molecule has 0 heterocycles. The molecule has 104 valence electrons. The van der Waals surface area contributed by atoms with Crippen molar-refractivity contribution in [2.24, 2.45) is 0 Å². The van der Waals surface area contributed by atoms with Crippen LogP contribution in [0.15, 0.2) is 60.7 Å². The minimum atomic E-state index is -0.625. The smallest absolute Gasteiger partial charge is 0.347 e. The van der Waals surface area contributed by atoms with Crippen LogP contribution in [0.4, 0.5) is 0 Å². The number of carbonyl (C=O) groups is 1. The van der Waals surface area contributed by atoms with Crippen LogP contribution in [0.1, 0.15) is 12.5 Å². The maximum atomic E-state index is 12.0. The molecule has 2 aromatic carbocycles. The van der Waals surface area contributed by atoms with Crippen LogP contribution in [-0.2, 0) is 16.0 Å². The lowest BCUT2D eigenvalue weighted by atomic mass is 10.1. The zero-order valence-corrected chi connectivity index (χ0v) is 11.5. The maximum absolute atomic E-state index is 12.0. The molecule has 2 rings (SSSR count). The zero-order chi connectivity index (χ0) is 14.2. The highest BCUT2D eigenvalue weighted by molar-refractivity contribution is 5.75. The molecule has 0 aromatic heterocycles. The van der Waals surface area contributed by atoms with Gasteiger partial charge in [0.05, 0.1) is 6.61 Å². The SMILES string of the molecule is CCOC(=O)C(Cc1ccccc1)Oc1ccccc1. The number of rotatable bonds is 6. The number of carbonyl (C=O) groups excluding carboxylic acids is 1. The summed E-state index contributed by atoms with van der Waals surface area (Å²) in [5.41, 5.74) is 1.04. The first-order valence-electron chi connectivity index (χ1n) is 6.72. The van der Waals surface area contributed by atoms with Crippen molar-refractivity contribution >= 4 is 5.97 Å². The Hall–Kier alpha value is -2.29. The van der Waals surface area contributed by atoms with Gasteiger partial charge in [0.25, 0.3) is 0 Å². The fourth-order valence-electron chi connectivity index (χ4n) is 1.90. The van der Waals surface area contributed by atoms with E-state index >= 15 is 0 Å². The van der Waals surface area contributed by atoms with Crippen molar-refractivity contribution in [3.05, 3.63) is 66.2 Å². The Morgan fingerprint density at radius 2 is 1.60 bits per heavy atom. The second-order valence-electron chi connectivity index (χ2n) is 4.36. The van der Waals surface area contributed by atoms with Gasteiger partial charge >= 0.3 is 5.97 Å². The molecule has 1 atom stereocenters. The molecule has 0 spiro atoms. The van der Waals surface area contributed by atoms with Gasteiger partial charge in [-0.15, -0.1) is 0 Å². The molecule has 0 aliphatic carbocycles. The Morgan fingerprint density at radius 1 is 1.00 bits per heavy atom. The lowest BCUT2D eigenvalue weighted by molar-refractivity contribution is -0.151. The summed E-state index contributed by atoms with van der Waals surface area (Å²) in [6, 6.07) is 19.1. The second-order valence-corrected chi connectivity index (χ2v) is 4.36. The predicted octanol–water partition coefficient (Wildman–Crippen LogP) is 3.24. The van der Waals surface area contributed by atoms with Crippen molar-refractivity contribution in [3.8, 4) is 5.75 Å². The molecule has 0 amide bonds. The van der Waals surface area contributed by atoms with Gasteiger partial charge in [0.1, 0.15) is 5.75 Å². The van der Waals surface area contributed by atoms with Crippen LogP contribution < -0.4 is 4.74 Å². The third kappa shape index (κ3) is 4.12. The highest BCUT2D eigenvalue weighted by atomic mass is 16.6. The fraction of sp³-hybridized carbons (Fsp3) is 0.235. The Labute approximate surface area is 119 Å². The summed E-state index contributed by atoms with van der Waals surface area (Å²) < 4.78 is 10.8. The number of hydrogen-bond donors (Lipinski definition) is 0. The van der Waals surface area contributed by atoms with Gasteiger partial charge in [-0.05, 0) is 24.6 Å². The Kier molecular flexibility index (Phi) is 5.18. The molecule has 0 N–H and O–H groups in total. The Morgan fingerprint density at radius 3 is 2.20 bits per heavy atom. The summed E-state index contributed by atoms with van der Waals surface area (Å²) in [4.78, 5) is 12.0. The van der Waals surface area contributed by atoms with E-state index in [4.69, 9.17) is 9.47 Å². The van der Waals surface area contributed by atoms with Crippen molar-refractivity contribution in [2.45, 2.75) is 19.4 Å². The highest BCUT2D eigenvalue weighted by Gasteiger charge is 2.22. The minimum absolute atomic E-state index is 0.333. The lowest BCUT2D eigenvalue weighted by Gasteiger charge is -2.17. The van der Waals surface area contributed by atoms with Crippen LogP contribution >= 0.6 is 0 Å². The molecule has 0 bridgehead atoms. The highest BCUT2D eigenvalue weighted by Crippen LogP contribution is 2.15. The first-order valence-corrected chi connectivity index (χ1v) is 6.72. The van der Waals surface area contributed by atoms with Gasteiger partial charge in [-0.1, -0.05) is 48.5 Å². The monoisotopic (exact) mass is 270 g/mol. The number of para-hydroxylation sites is 1. The number of ether oxygens (including phenoxy) is 2. The molecule has 2 aromatic rings. The van der Waals surface area contributed by atoms with Gasteiger partial charge in [0.2, 0.25) is 0 Å². The van der Waals surface area contributed by atoms with E-state index in [9.17, 15) is 4.79 Å². The summed E-state index contributed by atoms with van der Waals surface area (Å²) in [5.74, 6) is 0.335. The van der Waals surface area contributed by atoms with Crippen LogP contribution in [0.2, 0.25) is 0 Å². The first kappa shape index (κ1) is 14.1. The largest absolute Gasteiger partial charge is 0.478 e. The van der Waals surface area contributed by atoms with E-state index in [1.807, 2.05) is 60.7 Å². The molecule has 0 radical (unpaired) electrons. The third-order valence-corrected chi connectivity index (χ3v) is 2.83. The van der Waals surface area contributed by atoms with Gasteiger partial charge < -0.3 is 9.47 Å². The molecule has 1 unspecified atom stereocenters. The van der Waals surface area contributed by atoms with Crippen LogP contribution in [0.25, 0.3) is 0 Å². The number of benzene rings is 2. The number of hydrogen-bond acceptors (Lipinski definition) is 3. The Bertz CT molecular complexity index is 481. The van der Waals surface area contributed by atoms with E-state index < -0.39 is 6.10 Å². The molecule has 0 aliphatic heterocycles. The van der Waals surface area contributed by atoms with Gasteiger partial charge in [0.15, 0.2) is 6.10 Å². The number of esters is 1. The van der Waals surface area contributed by atoms with E-state index in [0.29, 0.717) is 18.8 Å². The predicted molar refractivity (Wildman–Crippen MR) is 77.6 cm³/mol. The third-order valence-electron chi connectivity index (χ3n) is 2.83. The van der Waals surface area contributed by atoms with E-state index in [2.05, 4.69) is 0 Å². The first-order chi connectivity index (χ1) is 9.79. The minimum Gasteiger partial charge on any atom is -0.478 e. The summed E-state index contributed by atoms with van der Waals surface area (Å²) in [6.07, 6.45) is -0.131. The maximum Gasteiger partial charge on any atom is 0.347 e. The molecule has 0 fully saturated rings. The molecular weight excluding hydrogens is 252 g/mol. The standard InChI is InChI=1S/C17H18O3/c1-2-19-17(18)16(13-14-9-5-3-6-10-14)20-15-11-7-4-8-12-15/h3-12,16H,2,13H2,1H3. The average molecular weight is 270 g/mol. The van der Waals surface area contributed by atoms with Gasteiger partial charge in [-0.3, -0.25) is 0 Å². The summed E-state index contributed by atoms with van der Waals surface area (Å²) >= 11 is 0. The van der Waals surface area contributed by atoms with Gasteiger partial charge in [0, 0.05) is 6.42 Å². The van der Waals surface area contributed by atoms with E-state index in [-0.39, 0.29) is 5.97 Å². The average Bonchev–Trinajstić information content (AvgIpc) is 2.49. The van der Waals surface area contributed by atoms with Crippen LogP contribution in [0, 0.1) is 0 Å². The molecule has 3 nitrogen and oxygen atoms in total. The van der Waals surface area contributed by atoms with Gasteiger partial charge in [-0.2, -0.15) is 0 Å². The summed E-state index contributed by atoms with van der Waals surface area (Å²) in [5, 5.41) is 0. The molecule has 0 saturated heterocycles. The van der Waals surface area contributed by atoms with Crippen molar-refractivity contribution in [2.75, 3.05) is 6.61 Å². The summed E-state index contributed by atoms with van der Waals surface area (Å²) in [6.45, 7) is 2.14. The molecule has 0 aliphatic rings. The van der Waals surface area contributed by atoms with E-state index in [1.54, 1.807) is 6.92 Å². The quantitative estimate of drug-likeness (QED) is 0.756. The van der Waals surface area contributed by atoms with E-state index in [1.165, 1.54) is 0 Å². The zero-order valence-electron chi connectivity index (χ0n) is 11.5. The molecule has 0 saturated carbocycles. The van der Waals surface area contributed by atoms with Crippen molar-refractivity contribution in [3.63, 3.8) is 0 Å². The van der Waals surface area contributed by atoms with Crippen LogP contribution in [-0.4, -0.2) is 18.7 Å². The lowest BCUT2D eigenvalue weighted by Crippen LogP contribution is -2.31.